The molecule has 0 aromatic heterocycles. The van der Waals surface area contributed by atoms with Crippen molar-refractivity contribution in [1.29, 1.82) is 0 Å². The first kappa shape index (κ1) is 19.7. The number of benzene rings is 1. The zero-order chi connectivity index (χ0) is 19.2. The molecule has 2 heterocycles. The Hall–Kier alpha value is -1.01. The van der Waals surface area contributed by atoms with Gasteiger partial charge in [-0.3, -0.25) is 19.3 Å². The second-order valence-corrected chi connectivity index (χ2v) is 7.91. The molecule has 0 radical (unpaired) electrons. The highest BCUT2D eigenvalue weighted by Gasteiger charge is 2.46. The van der Waals surface area contributed by atoms with Crippen molar-refractivity contribution in [2.24, 2.45) is 0 Å². The summed E-state index contributed by atoms with van der Waals surface area (Å²) in [5, 5.41) is -0.448. The van der Waals surface area contributed by atoms with Gasteiger partial charge >= 0.3 is 0 Å². The molecular weight excluding hydrogens is 422 g/mol. The molecule has 0 spiro atoms. The zero-order valence-corrected chi connectivity index (χ0v) is 17.0. The van der Waals surface area contributed by atoms with Crippen LogP contribution in [-0.4, -0.2) is 46.7 Å². The van der Waals surface area contributed by atoms with E-state index in [0.717, 1.165) is 30.6 Å². The van der Waals surface area contributed by atoms with Crippen molar-refractivity contribution in [1.82, 2.24) is 9.80 Å². The summed E-state index contributed by atoms with van der Waals surface area (Å²) in [7, 11) is 0. The highest BCUT2D eigenvalue weighted by atomic mass is 35.5. The van der Waals surface area contributed by atoms with Crippen LogP contribution in [0.2, 0.25) is 20.1 Å². The van der Waals surface area contributed by atoms with Gasteiger partial charge in [-0.25, -0.2) is 0 Å². The fourth-order valence-electron chi connectivity index (χ4n) is 3.38. The molecule has 5 nitrogen and oxygen atoms in total. The molecule has 3 amide bonds. The predicted molar refractivity (Wildman–Crippen MR) is 101 cm³/mol. The van der Waals surface area contributed by atoms with Crippen molar-refractivity contribution in [3.8, 4) is 0 Å². The molecule has 0 aliphatic carbocycles. The van der Waals surface area contributed by atoms with E-state index in [1.165, 1.54) is 6.92 Å². The van der Waals surface area contributed by atoms with Crippen LogP contribution in [0, 0.1) is 0 Å². The zero-order valence-electron chi connectivity index (χ0n) is 14.0. The Balaban J connectivity index is 1.96. The highest BCUT2D eigenvalue weighted by Crippen LogP contribution is 2.45. The summed E-state index contributed by atoms with van der Waals surface area (Å²) in [4.78, 5) is 41.1. The largest absolute Gasteiger partial charge is 0.341 e. The lowest BCUT2D eigenvalue weighted by Gasteiger charge is -2.28. The van der Waals surface area contributed by atoms with Gasteiger partial charge in [0.05, 0.1) is 31.2 Å². The van der Waals surface area contributed by atoms with Gasteiger partial charge in [-0.05, 0) is 19.8 Å². The average molecular weight is 438 g/mol. The molecule has 0 saturated carbocycles. The number of fused-ring (bicyclic) bond motifs is 1. The lowest BCUT2D eigenvalue weighted by Crippen LogP contribution is -2.49. The number of imide groups is 1. The SMILES string of the molecule is C[C@@H](C(=O)N1CCCCCC1)N1C(=O)c2c(Cl)c(Cl)c(Cl)c(Cl)c2C1=O. The van der Waals surface area contributed by atoms with Gasteiger partial charge in [-0.15, -0.1) is 0 Å². The minimum Gasteiger partial charge on any atom is -0.341 e. The minimum absolute atomic E-state index is 0.0911. The highest BCUT2D eigenvalue weighted by molar-refractivity contribution is 6.55. The van der Waals surface area contributed by atoms with E-state index in [4.69, 9.17) is 46.4 Å². The van der Waals surface area contributed by atoms with Gasteiger partial charge in [0.1, 0.15) is 6.04 Å². The molecule has 9 heteroatoms. The maximum Gasteiger partial charge on any atom is 0.263 e. The standard InChI is InChI=1S/C17H16Cl4N2O3/c1-8(15(24)22-6-4-2-3-5-7-22)23-16(25)9-10(17(23)26)12(19)14(21)13(20)11(9)18/h8H,2-7H2,1H3/t8-/m0/s1. The summed E-state index contributed by atoms with van der Waals surface area (Å²) >= 11 is 24.3. The fourth-order valence-corrected chi connectivity index (χ4v) is 4.40. The summed E-state index contributed by atoms with van der Waals surface area (Å²) in [5.74, 6) is -1.65. The number of hydrogen-bond donors (Lipinski definition) is 0. The Morgan fingerprint density at radius 2 is 1.23 bits per heavy atom. The third-order valence-electron chi connectivity index (χ3n) is 4.79. The number of likely N-dealkylation sites (tertiary alicyclic amines) is 1. The molecule has 26 heavy (non-hydrogen) atoms. The van der Waals surface area contributed by atoms with E-state index in [0.29, 0.717) is 13.1 Å². The van der Waals surface area contributed by atoms with Crippen molar-refractivity contribution >= 4 is 64.1 Å². The van der Waals surface area contributed by atoms with Crippen LogP contribution < -0.4 is 0 Å². The normalized spacial score (nSPS) is 18.8. The van der Waals surface area contributed by atoms with Gasteiger partial charge < -0.3 is 4.90 Å². The lowest BCUT2D eigenvalue weighted by molar-refractivity contribution is -0.134. The van der Waals surface area contributed by atoms with Crippen LogP contribution >= 0.6 is 46.4 Å². The average Bonchev–Trinajstić information content (AvgIpc) is 2.80. The maximum atomic E-state index is 12.8. The summed E-state index contributed by atoms with van der Waals surface area (Å²) in [6, 6.07) is -0.967. The van der Waals surface area contributed by atoms with E-state index in [9.17, 15) is 14.4 Å². The topological polar surface area (TPSA) is 57.7 Å². The lowest BCUT2D eigenvalue weighted by atomic mass is 10.1. The molecule has 1 aromatic carbocycles. The van der Waals surface area contributed by atoms with Crippen molar-refractivity contribution < 1.29 is 14.4 Å². The first-order valence-corrected chi connectivity index (χ1v) is 9.81. The quantitative estimate of drug-likeness (QED) is 0.383. The molecule has 1 saturated heterocycles. The van der Waals surface area contributed by atoms with E-state index in [1.807, 2.05) is 0 Å². The van der Waals surface area contributed by atoms with Gasteiger partial charge in [0.2, 0.25) is 5.91 Å². The number of carbonyl (C=O) groups excluding carboxylic acids is 3. The second kappa shape index (κ2) is 7.55. The first-order valence-electron chi connectivity index (χ1n) is 8.30. The van der Waals surface area contributed by atoms with Crippen LogP contribution in [0.1, 0.15) is 53.3 Å². The van der Waals surface area contributed by atoms with Crippen LogP contribution in [0.25, 0.3) is 0 Å². The van der Waals surface area contributed by atoms with Crippen LogP contribution in [-0.2, 0) is 4.79 Å². The Bertz CT molecular complexity index is 757. The number of amides is 3. The summed E-state index contributed by atoms with van der Waals surface area (Å²) < 4.78 is 0. The van der Waals surface area contributed by atoms with Crippen molar-refractivity contribution in [3.05, 3.63) is 31.2 Å². The van der Waals surface area contributed by atoms with Crippen LogP contribution in [0.5, 0.6) is 0 Å². The van der Waals surface area contributed by atoms with E-state index in [-0.39, 0.29) is 37.1 Å². The molecule has 3 rings (SSSR count). The van der Waals surface area contributed by atoms with E-state index in [2.05, 4.69) is 0 Å². The molecule has 0 bridgehead atoms. The van der Waals surface area contributed by atoms with Gasteiger partial charge in [0.15, 0.2) is 0 Å². The summed E-state index contributed by atoms with van der Waals surface area (Å²) in [5.41, 5.74) is -0.210. The molecule has 1 aromatic rings. The van der Waals surface area contributed by atoms with Crippen LogP contribution in [0.15, 0.2) is 0 Å². The molecule has 2 aliphatic rings. The van der Waals surface area contributed by atoms with Gasteiger partial charge in [-0.1, -0.05) is 59.2 Å². The monoisotopic (exact) mass is 436 g/mol. The molecule has 0 unspecified atom stereocenters. The second-order valence-electron chi connectivity index (χ2n) is 6.40. The van der Waals surface area contributed by atoms with Crippen LogP contribution in [0.3, 0.4) is 0 Å². The maximum absolute atomic E-state index is 12.8. The number of nitrogens with zero attached hydrogens (tertiary/aromatic N) is 2. The molecule has 0 N–H and O–H groups in total. The van der Waals surface area contributed by atoms with Gasteiger partial charge in [0, 0.05) is 13.1 Å². The Morgan fingerprint density at radius 3 is 1.65 bits per heavy atom. The first-order chi connectivity index (χ1) is 12.3. The Kier molecular flexibility index (Phi) is 5.73. The number of carbonyl (C=O) groups is 3. The smallest absolute Gasteiger partial charge is 0.263 e. The third-order valence-corrected chi connectivity index (χ3v) is 6.60. The van der Waals surface area contributed by atoms with Gasteiger partial charge in [-0.2, -0.15) is 0 Å². The summed E-state index contributed by atoms with van der Waals surface area (Å²) in [6.45, 7) is 2.76. The van der Waals surface area contributed by atoms with E-state index < -0.39 is 17.9 Å². The number of hydrogen-bond acceptors (Lipinski definition) is 3. The predicted octanol–water partition coefficient (Wildman–Crippen LogP) is 4.69. The molecule has 2 aliphatic heterocycles. The molecule has 1 fully saturated rings. The minimum atomic E-state index is -0.967. The molecular formula is C17H16Cl4N2O3. The van der Waals surface area contributed by atoms with Crippen molar-refractivity contribution in [2.75, 3.05) is 13.1 Å². The molecule has 1 atom stereocenters. The van der Waals surface area contributed by atoms with E-state index >= 15 is 0 Å². The van der Waals surface area contributed by atoms with Crippen LogP contribution in [0.4, 0.5) is 0 Å². The van der Waals surface area contributed by atoms with Crippen molar-refractivity contribution in [3.63, 3.8) is 0 Å². The van der Waals surface area contributed by atoms with Gasteiger partial charge in [0.25, 0.3) is 11.8 Å². The number of rotatable bonds is 2. The third kappa shape index (κ3) is 3.09. The molecule has 140 valence electrons. The van der Waals surface area contributed by atoms with Crippen molar-refractivity contribution in [2.45, 2.75) is 38.6 Å². The summed E-state index contributed by atoms with van der Waals surface area (Å²) in [6.07, 6.45) is 3.94. The Morgan fingerprint density at radius 1 is 0.808 bits per heavy atom. The van der Waals surface area contributed by atoms with E-state index in [1.54, 1.807) is 4.90 Å². The Labute approximate surface area is 171 Å². The fraction of sp³-hybridized carbons (Fsp3) is 0.471. The number of halogens is 4.